The van der Waals surface area contributed by atoms with E-state index in [1.807, 2.05) is 36.4 Å². The van der Waals surface area contributed by atoms with Crippen molar-refractivity contribution in [3.8, 4) is 16.9 Å². The molecule has 2 nitrogen and oxygen atoms in total. The van der Waals surface area contributed by atoms with Crippen LogP contribution in [0.2, 0.25) is 0 Å². The van der Waals surface area contributed by atoms with E-state index in [9.17, 15) is 0 Å². The van der Waals surface area contributed by atoms with Crippen LogP contribution in [0.15, 0.2) is 66.7 Å². The van der Waals surface area contributed by atoms with Crippen LogP contribution in [0.4, 0.5) is 0 Å². The van der Waals surface area contributed by atoms with Gasteiger partial charge in [-0.2, -0.15) is 0 Å². The lowest BCUT2D eigenvalue weighted by atomic mass is 10.0. The molecule has 3 aromatic carbocycles. The first-order valence-electron chi connectivity index (χ1n) is 6.20. The molecule has 0 fully saturated rings. The third kappa shape index (κ3) is 2.46. The van der Waals surface area contributed by atoms with Crippen LogP contribution < -0.4 is 4.65 Å². The molecule has 0 aliphatic heterocycles. The lowest BCUT2D eigenvalue weighted by Gasteiger charge is -2.06. The molecule has 19 heavy (non-hydrogen) atoms. The zero-order valence-corrected chi connectivity index (χ0v) is 10.4. The first-order chi connectivity index (χ1) is 9.36. The molecule has 0 aliphatic carbocycles. The molecule has 0 radical (unpaired) electrons. The topological polar surface area (TPSA) is 29.5 Å². The van der Waals surface area contributed by atoms with Gasteiger partial charge in [-0.1, -0.05) is 48.5 Å². The Labute approximate surface area is 112 Å². The second kappa shape index (κ2) is 5.16. The molecule has 3 aromatic rings. The van der Waals surface area contributed by atoms with Gasteiger partial charge in [-0.3, -0.25) is 0 Å². The smallest absolute Gasteiger partial charge is 0.504 e. The Kier molecular flexibility index (Phi) is 3.21. The summed E-state index contributed by atoms with van der Waals surface area (Å²) in [6, 6.07) is 22.4. The molecule has 3 heteroatoms. The van der Waals surface area contributed by atoms with Gasteiger partial charge in [0.15, 0.2) is 0 Å². The Bertz CT molecular complexity index is 695. The maximum absolute atomic E-state index is 8.76. The third-order valence-corrected chi connectivity index (χ3v) is 3.15. The fraction of sp³-hybridized carbons (Fsp3) is 0. The normalized spacial score (nSPS) is 10.4. The zero-order chi connectivity index (χ0) is 13.1. The molecule has 1 N–H and O–H groups in total. The summed E-state index contributed by atoms with van der Waals surface area (Å²) in [6.07, 6.45) is 0. The van der Waals surface area contributed by atoms with Gasteiger partial charge in [0.25, 0.3) is 0 Å². The summed E-state index contributed by atoms with van der Waals surface area (Å²) in [7, 11) is -0.298. The number of rotatable bonds is 3. The van der Waals surface area contributed by atoms with Gasteiger partial charge in [-0.25, -0.2) is 0 Å². The van der Waals surface area contributed by atoms with Crippen LogP contribution in [0.3, 0.4) is 0 Å². The van der Waals surface area contributed by atoms with E-state index in [1.54, 1.807) is 0 Å². The Morgan fingerprint density at radius 3 is 2.26 bits per heavy atom. The Hall–Kier alpha value is -2.26. The molecule has 0 aromatic heterocycles. The van der Waals surface area contributed by atoms with Crippen molar-refractivity contribution in [2.75, 3.05) is 0 Å². The lowest BCUT2D eigenvalue weighted by Crippen LogP contribution is -1.99. The van der Waals surface area contributed by atoms with Crippen LogP contribution in [0.1, 0.15) is 0 Å². The van der Waals surface area contributed by atoms with E-state index in [2.05, 4.69) is 30.3 Å². The molecule has 3 rings (SSSR count). The van der Waals surface area contributed by atoms with E-state index in [0.29, 0.717) is 5.75 Å². The molecule has 0 saturated heterocycles. The number of hydrogen-bond donors (Lipinski definition) is 1. The Balaban J connectivity index is 2.05. The van der Waals surface area contributed by atoms with Crippen molar-refractivity contribution in [2.45, 2.75) is 0 Å². The number of hydrogen-bond acceptors (Lipinski definition) is 2. The second-order valence-corrected chi connectivity index (χ2v) is 4.36. The molecule has 0 amide bonds. The summed E-state index contributed by atoms with van der Waals surface area (Å²) >= 11 is 0. The quantitative estimate of drug-likeness (QED) is 0.721. The minimum atomic E-state index is -0.298. The predicted molar refractivity (Wildman–Crippen MR) is 79.4 cm³/mol. The van der Waals surface area contributed by atoms with Crippen LogP contribution >= 0.6 is 0 Å². The second-order valence-electron chi connectivity index (χ2n) is 4.36. The molecule has 0 atom stereocenters. The van der Waals surface area contributed by atoms with E-state index < -0.39 is 0 Å². The van der Waals surface area contributed by atoms with E-state index in [-0.39, 0.29) is 7.69 Å². The summed E-state index contributed by atoms with van der Waals surface area (Å²) in [5, 5.41) is 11.0. The molecule has 0 saturated carbocycles. The Morgan fingerprint density at radius 2 is 1.47 bits per heavy atom. The van der Waals surface area contributed by atoms with Gasteiger partial charge in [0, 0.05) is 0 Å². The highest BCUT2D eigenvalue weighted by molar-refractivity contribution is 6.17. The molecule has 0 spiro atoms. The van der Waals surface area contributed by atoms with E-state index in [0.717, 1.165) is 10.8 Å². The van der Waals surface area contributed by atoms with Gasteiger partial charge >= 0.3 is 7.69 Å². The highest BCUT2D eigenvalue weighted by Crippen LogP contribution is 2.26. The number of fused-ring (bicyclic) bond motifs is 1. The SMILES string of the molecule is OBOc1ccc2cc(-c3ccccc3)ccc2c1. The third-order valence-electron chi connectivity index (χ3n) is 3.15. The van der Waals surface area contributed by atoms with E-state index in [4.69, 9.17) is 9.68 Å². The van der Waals surface area contributed by atoms with Crippen LogP contribution in [0.25, 0.3) is 21.9 Å². The first kappa shape index (κ1) is 11.8. The van der Waals surface area contributed by atoms with Crippen LogP contribution in [0.5, 0.6) is 5.75 Å². The van der Waals surface area contributed by atoms with Gasteiger partial charge in [0.05, 0.1) is 0 Å². The molecular weight excluding hydrogens is 235 g/mol. The standard InChI is InChI=1S/C16H13BO2/c18-17-19-16-9-8-14-10-13(6-7-15(14)11-16)12-4-2-1-3-5-12/h1-11,17-18H. The van der Waals surface area contributed by atoms with E-state index in [1.165, 1.54) is 11.1 Å². The summed E-state index contributed by atoms with van der Waals surface area (Å²) in [6.45, 7) is 0. The van der Waals surface area contributed by atoms with Crippen molar-refractivity contribution in [3.63, 3.8) is 0 Å². The summed E-state index contributed by atoms with van der Waals surface area (Å²) in [5.41, 5.74) is 2.41. The van der Waals surface area contributed by atoms with Gasteiger partial charge in [-0.15, -0.1) is 0 Å². The largest absolute Gasteiger partial charge is 0.539 e. The van der Waals surface area contributed by atoms with Crippen molar-refractivity contribution >= 4 is 18.5 Å². The fourth-order valence-corrected chi connectivity index (χ4v) is 2.20. The van der Waals surface area contributed by atoms with Gasteiger partial charge in [0.2, 0.25) is 0 Å². The fourth-order valence-electron chi connectivity index (χ4n) is 2.20. The number of benzene rings is 3. The van der Waals surface area contributed by atoms with Crippen molar-refractivity contribution < 1.29 is 9.68 Å². The highest BCUT2D eigenvalue weighted by atomic mass is 16.5. The summed E-state index contributed by atoms with van der Waals surface area (Å²) in [4.78, 5) is 0. The monoisotopic (exact) mass is 248 g/mol. The first-order valence-corrected chi connectivity index (χ1v) is 6.20. The van der Waals surface area contributed by atoms with Crippen LogP contribution in [0, 0.1) is 0 Å². The lowest BCUT2D eigenvalue weighted by molar-refractivity contribution is 0.454. The predicted octanol–water partition coefficient (Wildman–Crippen LogP) is 3.14. The molecule has 0 unspecified atom stereocenters. The van der Waals surface area contributed by atoms with Crippen LogP contribution in [-0.4, -0.2) is 12.7 Å². The molecule has 0 bridgehead atoms. The summed E-state index contributed by atoms with van der Waals surface area (Å²) in [5.74, 6) is 0.683. The van der Waals surface area contributed by atoms with Crippen molar-refractivity contribution in [1.82, 2.24) is 0 Å². The molecule has 0 aliphatic rings. The zero-order valence-electron chi connectivity index (χ0n) is 10.4. The highest BCUT2D eigenvalue weighted by Gasteiger charge is 2.01. The minimum Gasteiger partial charge on any atom is -0.539 e. The Morgan fingerprint density at radius 1 is 0.737 bits per heavy atom. The average Bonchev–Trinajstić information content (AvgIpc) is 2.48. The van der Waals surface area contributed by atoms with Crippen molar-refractivity contribution in [3.05, 3.63) is 66.7 Å². The molecular formula is C16H13BO2. The molecule has 0 heterocycles. The van der Waals surface area contributed by atoms with E-state index >= 15 is 0 Å². The maximum atomic E-state index is 8.76. The maximum Gasteiger partial charge on any atom is 0.504 e. The van der Waals surface area contributed by atoms with Gasteiger partial charge in [0.1, 0.15) is 5.75 Å². The minimum absolute atomic E-state index is 0.298. The van der Waals surface area contributed by atoms with Crippen LogP contribution in [-0.2, 0) is 0 Å². The van der Waals surface area contributed by atoms with Crippen molar-refractivity contribution in [2.24, 2.45) is 0 Å². The van der Waals surface area contributed by atoms with Gasteiger partial charge < -0.3 is 9.68 Å². The average molecular weight is 248 g/mol. The molecule has 92 valence electrons. The van der Waals surface area contributed by atoms with Crippen molar-refractivity contribution in [1.29, 1.82) is 0 Å². The van der Waals surface area contributed by atoms with Gasteiger partial charge in [-0.05, 0) is 40.1 Å². The summed E-state index contributed by atoms with van der Waals surface area (Å²) < 4.78 is 5.08.